The lowest BCUT2D eigenvalue weighted by molar-refractivity contribution is -0.139. The number of hydrogen-bond donors (Lipinski definition) is 2. The number of aromatic nitrogens is 1. The van der Waals surface area contributed by atoms with Crippen LogP contribution in [0.15, 0.2) is 60.7 Å². The van der Waals surface area contributed by atoms with Crippen molar-refractivity contribution < 1.29 is 42.4 Å². The Hall–Kier alpha value is -4.70. The topological polar surface area (TPSA) is 98.0 Å². The molecule has 1 heterocycles. The summed E-state index contributed by atoms with van der Waals surface area (Å²) in [4.78, 5) is 23.2. The molecule has 1 aliphatic rings. The summed E-state index contributed by atoms with van der Waals surface area (Å²) < 4.78 is 54.8. The average molecular weight is 654 g/mol. The van der Waals surface area contributed by atoms with E-state index < -0.39 is 34.8 Å². The summed E-state index contributed by atoms with van der Waals surface area (Å²) in [7, 11) is 0. The standard InChI is InChI=1S/C35H31ClF3NO6/c1-21-26(18-35(12-13-35)19-30(41)42)32-27(38)11-8-23(34(32)40(21)20-31(43)44)7-4-22-5-9-25(10-6-22)45-14-2-3-15-46-29-17-24(37)16-28(39)33(29)36/h2-11,16-17H,12-15,18-20H2,1H3,(H,41,42)(H,43,44)/b3-2+,7-4?. The van der Waals surface area contributed by atoms with Crippen molar-refractivity contribution >= 4 is 46.6 Å². The predicted octanol–water partition coefficient (Wildman–Crippen LogP) is 8.09. The van der Waals surface area contributed by atoms with Gasteiger partial charge in [0.2, 0.25) is 0 Å². The second-order valence-corrected chi connectivity index (χ2v) is 11.7. The number of fused-ring (bicyclic) bond motifs is 1. The van der Waals surface area contributed by atoms with Gasteiger partial charge in [-0.2, -0.15) is 0 Å². The number of aliphatic carboxylic acids is 2. The van der Waals surface area contributed by atoms with Gasteiger partial charge in [-0.15, -0.1) is 0 Å². The van der Waals surface area contributed by atoms with Crippen LogP contribution in [0.5, 0.6) is 11.5 Å². The maximum Gasteiger partial charge on any atom is 0.323 e. The van der Waals surface area contributed by atoms with E-state index in [4.69, 9.17) is 21.1 Å². The van der Waals surface area contributed by atoms with Crippen molar-refractivity contribution in [1.29, 1.82) is 0 Å². The van der Waals surface area contributed by atoms with Crippen LogP contribution in [0.2, 0.25) is 5.02 Å². The highest BCUT2D eigenvalue weighted by molar-refractivity contribution is 6.32. The Kier molecular flexibility index (Phi) is 9.76. The normalized spacial score (nSPS) is 13.9. The van der Waals surface area contributed by atoms with Crippen LogP contribution in [0.1, 0.15) is 41.6 Å². The van der Waals surface area contributed by atoms with Crippen LogP contribution in [-0.2, 0) is 22.6 Å². The maximum atomic E-state index is 15.4. The highest BCUT2D eigenvalue weighted by Gasteiger charge is 2.45. The van der Waals surface area contributed by atoms with Crippen molar-refractivity contribution in [2.24, 2.45) is 5.41 Å². The zero-order chi connectivity index (χ0) is 33.0. The number of benzene rings is 3. The van der Waals surface area contributed by atoms with Crippen LogP contribution in [0.4, 0.5) is 13.2 Å². The minimum atomic E-state index is -1.07. The lowest BCUT2D eigenvalue weighted by atomic mass is 9.91. The van der Waals surface area contributed by atoms with Crippen LogP contribution in [0.25, 0.3) is 23.1 Å². The van der Waals surface area contributed by atoms with Gasteiger partial charge in [-0.25, -0.2) is 13.2 Å². The van der Waals surface area contributed by atoms with Crippen molar-refractivity contribution in [2.45, 2.75) is 39.2 Å². The van der Waals surface area contributed by atoms with Gasteiger partial charge in [0.25, 0.3) is 0 Å². The summed E-state index contributed by atoms with van der Waals surface area (Å²) in [5.74, 6) is -3.64. The van der Waals surface area contributed by atoms with E-state index in [1.54, 1.807) is 47.9 Å². The molecule has 7 nitrogen and oxygen atoms in total. The van der Waals surface area contributed by atoms with E-state index in [1.165, 1.54) is 6.07 Å². The third-order valence-electron chi connectivity index (χ3n) is 8.04. The van der Waals surface area contributed by atoms with E-state index in [1.807, 2.05) is 18.2 Å². The molecule has 2 N–H and O–H groups in total. The molecule has 240 valence electrons. The molecule has 1 saturated carbocycles. The molecule has 0 amide bonds. The van der Waals surface area contributed by atoms with Gasteiger partial charge < -0.3 is 24.3 Å². The Morgan fingerprint density at radius 2 is 1.63 bits per heavy atom. The fourth-order valence-corrected chi connectivity index (χ4v) is 5.72. The van der Waals surface area contributed by atoms with Gasteiger partial charge in [-0.05, 0) is 84.7 Å². The summed E-state index contributed by atoms with van der Waals surface area (Å²) in [6.07, 6.45) is 8.74. The maximum absolute atomic E-state index is 15.4. The molecule has 1 aromatic heterocycles. The number of hydrogen-bond acceptors (Lipinski definition) is 4. The van der Waals surface area contributed by atoms with Gasteiger partial charge in [-0.1, -0.05) is 35.9 Å². The lowest BCUT2D eigenvalue weighted by Gasteiger charge is -2.13. The summed E-state index contributed by atoms with van der Waals surface area (Å²) in [6.45, 7) is 1.65. The Balaban J connectivity index is 1.28. The smallest absolute Gasteiger partial charge is 0.323 e. The quantitative estimate of drug-likeness (QED) is 0.0811. The zero-order valence-corrected chi connectivity index (χ0v) is 25.6. The molecule has 0 radical (unpaired) electrons. The molecule has 11 heteroatoms. The minimum absolute atomic E-state index is 0.0160. The fraction of sp³-hybridized carbons (Fsp3) is 0.257. The third kappa shape index (κ3) is 7.56. The highest BCUT2D eigenvalue weighted by atomic mass is 35.5. The molecule has 4 aromatic rings. The summed E-state index contributed by atoms with van der Waals surface area (Å²) in [6, 6.07) is 11.8. The molecule has 46 heavy (non-hydrogen) atoms. The molecule has 0 spiro atoms. The molecule has 0 unspecified atom stereocenters. The summed E-state index contributed by atoms with van der Waals surface area (Å²) in [5.41, 5.74) is 2.73. The van der Waals surface area contributed by atoms with E-state index in [0.717, 1.165) is 24.5 Å². The first-order valence-electron chi connectivity index (χ1n) is 14.5. The van der Waals surface area contributed by atoms with Gasteiger partial charge in [0.05, 0.1) is 11.9 Å². The van der Waals surface area contributed by atoms with E-state index in [2.05, 4.69) is 0 Å². The van der Waals surface area contributed by atoms with Gasteiger partial charge in [0.1, 0.15) is 53.7 Å². The molecule has 0 bridgehead atoms. The number of nitrogens with zero attached hydrogens (tertiary/aromatic N) is 1. The monoisotopic (exact) mass is 653 g/mol. The summed E-state index contributed by atoms with van der Waals surface area (Å²) in [5, 5.41) is 19.1. The van der Waals surface area contributed by atoms with E-state index >= 15 is 4.39 Å². The summed E-state index contributed by atoms with van der Waals surface area (Å²) >= 11 is 5.78. The SMILES string of the molecule is Cc1c(CC2(CC(=O)O)CC2)c2c(F)ccc(C=Cc3ccc(OC/C=C/COc4cc(F)cc(F)c4Cl)cc3)c2n1CC(=O)O. The number of rotatable bonds is 14. The number of carbonyl (C=O) groups is 2. The Bertz CT molecular complexity index is 1840. The van der Waals surface area contributed by atoms with Crippen molar-refractivity contribution in [2.75, 3.05) is 13.2 Å². The second kappa shape index (κ2) is 13.7. The molecule has 5 rings (SSSR count). The molecule has 0 atom stereocenters. The molecule has 0 aliphatic heterocycles. The number of halogens is 4. The molecule has 1 fully saturated rings. The van der Waals surface area contributed by atoms with Crippen molar-refractivity contribution in [3.8, 4) is 11.5 Å². The van der Waals surface area contributed by atoms with E-state index in [0.29, 0.717) is 46.0 Å². The van der Waals surface area contributed by atoms with Crippen LogP contribution >= 0.6 is 11.6 Å². The fourth-order valence-electron chi connectivity index (χ4n) is 5.56. The van der Waals surface area contributed by atoms with E-state index in [-0.39, 0.29) is 37.0 Å². The minimum Gasteiger partial charge on any atom is -0.490 e. The third-order valence-corrected chi connectivity index (χ3v) is 8.41. The van der Waals surface area contributed by atoms with Gasteiger partial charge in [0, 0.05) is 23.2 Å². The Morgan fingerprint density at radius 1 is 0.935 bits per heavy atom. The van der Waals surface area contributed by atoms with E-state index in [9.17, 15) is 28.6 Å². The first-order valence-corrected chi connectivity index (χ1v) is 14.9. The van der Waals surface area contributed by atoms with Gasteiger partial charge >= 0.3 is 11.9 Å². The predicted molar refractivity (Wildman–Crippen MR) is 169 cm³/mol. The van der Waals surface area contributed by atoms with Crippen LogP contribution in [0, 0.1) is 29.8 Å². The first-order chi connectivity index (χ1) is 22.0. The largest absolute Gasteiger partial charge is 0.490 e. The van der Waals surface area contributed by atoms with Crippen molar-refractivity contribution in [1.82, 2.24) is 4.57 Å². The Labute approximate surface area is 268 Å². The number of carboxylic acids is 2. The highest BCUT2D eigenvalue weighted by Crippen LogP contribution is 2.53. The van der Waals surface area contributed by atoms with Crippen LogP contribution in [-0.4, -0.2) is 39.9 Å². The number of carboxylic acid groups (broad SMARTS) is 2. The van der Waals surface area contributed by atoms with Crippen LogP contribution in [0.3, 0.4) is 0 Å². The van der Waals surface area contributed by atoms with Gasteiger partial charge in [0.15, 0.2) is 0 Å². The van der Waals surface area contributed by atoms with Gasteiger partial charge in [-0.3, -0.25) is 9.59 Å². The zero-order valence-electron chi connectivity index (χ0n) is 24.9. The molecular formula is C35H31ClF3NO6. The molecule has 0 saturated heterocycles. The molecular weight excluding hydrogens is 623 g/mol. The first kappa shape index (κ1) is 32.7. The molecule has 1 aliphatic carbocycles. The Morgan fingerprint density at radius 3 is 2.28 bits per heavy atom. The van der Waals surface area contributed by atoms with Crippen molar-refractivity contribution in [3.63, 3.8) is 0 Å². The van der Waals surface area contributed by atoms with Crippen LogP contribution < -0.4 is 9.47 Å². The lowest BCUT2D eigenvalue weighted by Crippen LogP contribution is -2.13. The van der Waals surface area contributed by atoms with Crippen molar-refractivity contribution in [3.05, 3.63) is 106 Å². The molecule has 3 aromatic carbocycles. The second-order valence-electron chi connectivity index (χ2n) is 11.3. The average Bonchev–Trinajstić information content (AvgIpc) is 3.70. The number of ether oxygens (including phenoxy) is 2.